The zero-order chi connectivity index (χ0) is 13.9. The minimum absolute atomic E-state index is 0.283. The zero-order valence-electron chi connectivity index (χ0n) is 10.6. The van der Waals surface area contributed by atoms with Crippen LogP contribution in [0.1, 0.15) is 18.0 Å². The Hall–Kier alpha value is -1.72. The number of anilines is 1. The maximum atomic E-state index is 6.14. The zero-order valence-corrected chi connectivity index (χ0v) is 12.2. The molecule has 1 aliphatic rings. The van der Waals surface area contributed by atoms with Gasteiger partial charge in [0.15, 0.2) is 5.11 Å². The lowest BCUT2D eigenvalue weighted by atomic mass is 10.2. The number of nitrogens with one attached hydrogen (secondary N) is 2. The Kier molecular flexibility index (Phi) is 3.80. The summed E-state index contributed by atoms with van der Waals surface area (Å²) in [6, 6.07) is 9.63. The first-order valence-corrected chi connectivity index (χ1v) is 7.11. The monoisotopic (exact) mass is 304 g/mol. The molecule has 0 amide bonds. The van der Waals surface area contributed by atoms with E-state index in [0.717, 1.165) is 17.9 Å². The lowest BCUT2D eigenvalue weighted by molar-refractivity contribution is 0.858. The molecule has 2 aromatic rings. The Morgan fingerprint density at radius 3 is 2.80 bits per heavy atom. The van der Waals surface area contributed by atoms with E-state index in [1.807, 2.05) is 30.3 Å². The van der Waals surface area contributed by atoms with Crippen LogP contribution in [0, 0.1) is 0 Å². The molecule has 1 saturated carbocycles. The van der Waals surface area contributed by atoms with Gasteiger partial charge >= 0.3 is 0 Å². The molecule has 0 radical (unpaired) electrons. The number of pyridine rings is 2. The summed E-state index contributed by atoms with van der Waals surface area (Å²) in [5, 5.41) is 7.60. The van der Waals surface area contributed by atoms with E-state index >= 15 is 0 Å². The van der Waals surface area contributed by atoms with Crippen molar-refractivity contribution >= 4 is 34.7 Å². The summed E-state index contributed by atoms with van der Waals surface area (Å²) in [6.45, 7) is 0. The normalized spacial score (nSPS) is 20.2. The van der Waals surface area contributed by atoms with Crippen molar-refractivity contribution in [2.24, 2.45) is 0 Å². The van der Waals surface area contributed by atoms with E-state index < -0.39 is 0 Å². The molecule has 2 N–H and O–H groups in total. The molecule has 3 rings (SSSR count). The molecule has 4 nitrogen and oxygen atoms in total. The minimum Gasteiger partial charge on any atom is -0.359 e. The molecule has 20 heavy (non-hydrogen) atoms. The van der Waals surface area contributed by atoms with Crippen molar-refractivity contribution in [3.8, 4) is 0 Å². The number of aromatic nitrogens is 2. The van der Waals surface area contributed by atoms with Gasteiger partial charge < -0.3 is 10.6 Å². The Labute approximate surface area is 127 Å². The maximum absolute atomic E-state index is 6.14. The van der Waals surface area contributed by atoms with Gasteiger partial charge in [0, 0.05) is 24.4 Å². The van der Waals surface area contributed by atoms with Gasteiger partial charge in [-0.3, -0.25) is 4.98 Å². The van der Waals surface area contributed by atoms with Crippen LogP contribution in [0.4, 0.5) is 5.82 Å². The Morgan fingerprint density at radius 2 is 2.05 bits per heavy atom. The molecule has 2 unspecified atom stereocenters. The molecule has 102 valence electrons. The molecule has 1 aliphatic carbocycles. The van der Waals surface area contributed by atoms with Gasteiger partial charge in [0.25, 0.3) is 0 Å². The quantitative estimate of drug-likeness (QED) is 0.854. The average Bonchev–Trinajstić information content (AvgIpc) is 3.19. The topological polar surface area (TPSA) is 49.8 Å². The van der Waals surface area contributed by atoms with Crippen molar-refractivity contribution in [1.82, 2.24) is 15.3 Å². The van der Waals surface area contributed by atoms with Crippen LogP contribution in [0.15, 0.2) is 42.7 Å². The van der Waals surface area contributed by atoms with Gasteiger partial charge in [0.1, 0.15) is 5.82 Å². The third-order valence-corrected chi connectivity index (χ3v) is 3.69. The van der Waals surface area contributed by atoms with Crippen molar-refractivity contribution in [2.45, 2.75) is 18.4 Å². The fourth-order valence-electron chi connectivity index (χ4n) is 2.08. The first-order valence-electron chi connectivity index (χ1n) is 6.33. The van der Waals surface area contributed by atoms with Crippen LogP contribution in [-0.4, -0.2) is 21.1 Å². The van der Waals surface area contributed by atoms with Crippen LogP contribution in [0.2, 0.25) is 5.02 Å². The van der Waals surface area contributed by atoms with Gasteiger partial charge in [-0.15, -0.1) is 0 Å². The van der Waals surface area contributed by atoms with Crippen LogP contribution < -0.4 is 10.6 Å². The molecule has 0 spiro atoms. The van der Waals surface area contributed by atoms with Crippen LogP contribution in [0.25, 0.3) is 0 Å². The first kappa shape index (κ1) is 13.3. The molecule has 0 bridgehead atoms. The van der Waals surface area contributed by atoms with Crippen molar-refractivity contribution < 1.29 is 0 Å². The molecule has 2 heterocycles. The van der Waals surface area contributed by atoms with E-state index in [-0.39, 0.29) is 6.04 Å². The molecule has 0 aromatic carbocycles. The Balaban J connectivity index is 1.56. The largest absolute Gasteiger partial charge is 0.359 e. The molecule has 2 atom stereocenters. The van der Waals surface area contributed by atoms with Crippen LogP contribution >= 0.6 is 23.8 Å². The number of thiocarbonyl (C=S) groups is 1. The third-order valence-electron chi connectivity index (χ3n) is 3.15. The fraction of sp³-hybridized carbons (Fsp3) is 0.214. The molecule has 0 saturated heterocycles. The lowest BCUT2D eigenvalue weighted by Crippen LogP contribution is -2.31. The third kappa shape index (κ3) is 3.05. The SMILES string of the molecule is S=C(Nc1ccccn1)NC1CC1c1ncccc1Cl. The van der Waals surface area contributed by atoms with Crippen molar-refractivity contribution in [3.63, 3.8) is 0 Å². The number of nitrogens with zero attached hydrogens (tertiary/aromatic N) is 2. The van der Waals surface area contributed by atoms with Gasteiger partial charge in [0.05, 0.1) is 10.7 Å². The Morgan fingerprint density at radius 1 is 1.20 bits per heavy atom. The predicted octanol–water partition coefficient (Wildman–Crippen LogP) is 2.97. The van der Waals surface area contributed by atoms with E-state index in [2.05, 4.69) is 20.6 Å². The van der Waals surface area contributed by atoms with Gasteiger partial charge in [-0.05, 0) is 42.9 Å². The Bertz CT molecular complexity index is 620. The second-order valence-electron chi connectivity index (χ2n) is 4.63. The lowest BCUT2D eigenvalue weighted by Gasteiger charge is -2.09. The first-order chi connectivity index (χ1) is 9.74. The number of halogens is 1. The molecule has 1 fully saturated rings. The number of hydrogen-bond donors (Lipinski definition) is 2. The van der Waals surface area contributed by atoms with Crippen LogP contribution in [0.3, 0.4) is 0 Å². The van der Waals surface area contributed by atoms with Gasteiger partial charge in [-0.2, -0.15) is 0 Å². The molecule has 6 heteroatoms. The van der Waals surface area contributed by atoms with Gasteiger partial charge in [0.2, 0.25) is 0 Å². The molecular weight excluding hydrogens is 292 g/mol. The minimum atomic E-state index is 0.283. The number of rotatable bonds is 3. The fourth-order valence-corrected chi connectivity index (χ4v) is 2.60. The van der Waals surface area contributed by atoms with Crippen molar-refractivity contribution in [3.05, 3.63) is 53.4 Å². The summed E-state index contributed by atoms with van der Waals surface area (Å²) in [7, 11) is 0. The number of hydrogen-bond acceptors (Lipinski definition) is 3. The van der Waals surface area contributed by atoms with E-state index in [0.29, 0.717) is 16.1 Å². The summed E-state index contributed by atoms with van der Waals surface area (Å²) < 4.78 is 0. The smallest absolute Gasteiger partial charge is 0.172 e. The van der Waals surface area contributed by atoms with Crippen molar-refractivity contribution in [2.75, 3.05) is 5.32 Å². The second-order valence-corrected chi connectivity index (χ2v) is 5.45. The summed E-state index contributed by atoms with van der Waals surface area (Å²) in [6.07, 6.45) is 4.47. The second kappa shape index (κ2) is 5.73. The van der Waals surface area contributed by atoms with Crippen LogP contribution in [0.5, 0.6) is 0 Å². The molecule has 0 aliphatic heterocycles. The summed E-state index contributed by atoms with van der Waals surface area (Å²) >= 11 is 11.4. The van der Waals surface area contributed by atoms with Gasteiger partial charge in [-0.25, -0.2) is 4.98 Å². The highest BCUT2D eigenvalue weighted by molar-refractivity contribution is 7.80. The van der Waals surface area contributed by atoms with E-state index in [9.17, 15) is 0 Å². The van der Waals surface area contributed by atoms with Gasteiger partial charge in [-0.1, -0.05) is 17.7 Å². The predicted molar refractivity (Wildman–Crippen MR) is 84.0 cm³/mol. The van der Waals surface area contributed by atoms with E-state index in [4.69, 9.17) is 23.8 Å². The summed E-state index contributed by atoms with van der Waals surface area (Å²) in [5.74, 6) is 1.06. The average molecular weight is 305 g/mol. The summed E-state index contributed by atoms with van der Waals surface area (Å²) in [5.41, 5.74) is 0.937. The van der Waals surface area contributed by atoms with E-state index in [1.165, 1.54) is 0 Å². The van der Waals surface area contributed by atoms with E-state index in [1.54, 1.807) is 12.4 Å². The van der Waals surface area contributed by atoms with Crippen LogP contribution in [-0.2, 0) is 0 Å². The highest BCUT2D eigenvalue weighted by atomic mass is 35.5. The summed E-state index contributed by atoms with van der Waals surface area (Å²) in [4.78, 5) is 8.50. The van der Waals surface area contributed by atoms with Crippen molar-refractivity contribution in [1.29, 1.82) is 0 Å². The maximum Gasteiger partial charge on any atom is 0.172 e. The molecule has 2 aromatic heterocycles. The highest BCUT2D eigenvalue weighted by Gasteiger charge is 2.41. The molecular formula is C14H13ClN4S. The standard InChI is InChI=1S/C14H13ClN4S/c15-10-4-3-7-17-13(10)9-8-11(9)18-14(20)19-12-5-1-2-6-16-12/h1-7,9,11H,8H2,(H2,16,18,19,20). The highest BCUT2D eigenvalue weighted by Crippen LogP contribution is 2.42.